The summed E-state index contributed by atoms with van der Waals surface area (Å²) in [6.07, 6.45) is -0.390. The molecule has 103 heavy (non-hydrogen) atoms. The van der Waals surface area contributed by atoms with E-state index in [2.05, 4.69) is 125 Å². The number of nitrogens with one attached hydrogen (secondary N) is 5. The molecule has 6 aromatic carbocycles. The zero-order valence-corrected chi connectivity index (χ0v) is 62.4. The standard InChI is InChI=1S/C30H32N4O5S2.C26H28N4O2S2.C21H19N3O2S2/c1-30(2,3)39-29(37)34-16-18(17-34)28(36)31-19-7-8-23-25(13-19)40-24-6-4-5-21(27(24)41-23)22-14-20(15-26(35)32-22)33-9-11-38-12-10-33;1-29-15-17(16-29)14-27-18-5-6-22-24(11-18)33-23-4-2-3-20(26(23)34-22)21-12-19(13-25(31)28-21)30-7-9-32-10-8-30;22-13-4-5-17-19(10-13)27-18-3-1-2-15(21(18)28-17)16-11-14(12-20(25)23-16)24-6-8-26-9-7-24/h4-8,13-15,18H,9-12,16-17H2,1-3H3,(H,31,36)(H,32,35);2-6,11-13,17,27H,7-10,14-16H2,1H3,(H,28,31);1-5,10-12H,6-9,22H2,(H,23,25). The van der Waals surface area contributed by atoms with Gasteiger partial charge in [0.2, 0.25) is 22.6 Å². The Bertz CT molecular complexity index is 4880. The van der Waals surface area contributed by atoms with Gasteiger partial charge in [0, 0.05) is 206 Å². The molecule has 7 N–H and O–H groups in total. The van der Waals surface area contributed by atoms with Crippen LogP contribution in [0.2, 0.25) is 0 Å². The van der Waals surface area contributed by atoms with E-state index in [1.54, 1.807) is 81.9 Å². The average Bonchev–Trinajstić information content (AvgIpc) is 0.792. The maximum atomic E-state index is 12.8. The summed E-state index contributed by atoms with van der Waals surface area (Å²) in [6.45, 7) is 18.4. The number of nitrogens with two attached hydrogens (primary N) is 1. The van der Waals surface area contributed by atoms with Crippen molar-refractivity contribution in [1.82, 2.24) is 24.8 Å². The number of amides is 2. The van der Waals surface area contributed by atoms with E-state index in [1.165, 1.54) is 57.9 Å². The number of carbonyl (C=O) groups is 2. The van der Waals surface area contributed by atoms with Crippen molar-refractivity contribution in [2.45, 2.75) is 85.1 Å². The van der Waals surface area contributed by atoms with Gasteiger partial charge in [0.25, 0.3) is 0 Å². The lowest BCUT2D eigenvalue weighted by atomic mass is 10.00. The molecule has 26 heteroatoms. The number of benzene rings is 6. The molecule has 20 nitrogen and oxygen atoms in total. The molecule has 5 fully saturated rings. The maximum Gasteiger partial charge on any atom is 0.410 e. The van der Waals surface area contributed by atoms with Crippen molar-refractivity contribution < 1.29 is 28.5 Å². The Morgan fingerprint density at radius 2 is 0.883 bits per heavy atom. The van der Waals surface area contributed by atoms with Gasteiger partial charge in [0.05, 0.1) is 62.6 Å². The minimum Gasteiger partial charge on any atom is -0.444 e. The van der Waals surface area contributed by atoms with Gasteiger partial charge in [-0.15, -0.1) is 0 Å². The smallest absolute Gasteiger partial charge is 0.410 e. The number of hydrogen-bond donors (Lipinski definition) is 6. The third-order valence-electron chi connectivity index (χ3n) is 18.5. The third-order valence-corrected chi connectivity index (χ3v) is 26.3. The second kappa shape index (κ2) is 30.9. The molecule has 0 spiro atoms. The molecule has 0 saturated carbocycles. The fourth-order valence-electron chi connectivity index (χ4n) is 13.3. The van der Waals surface area contributed by atoms with Crippen LogP contribution in [0, 0.1) is 11.8 Å². The van der Waals surface area contributed by atoms with Crippen LogP contribution in [0.3, 0.4) is 0 Å². The molecular formula is C77H79N11O9S6. The number of morpholine rings is 3. The molecule has 0 radical (unpaired) electrons. The van der Waals surface area contributed by atoms with Crippen LogP contribution in [-0.4, -0.2) is 161 Å². The van der Waals surface area contributed by atoms with Crippen molar-refractivity contribution in [2.24, 2.45) is 11.8 Å². The highest BCUT2D eigenvalue weighted by atomic mass is 32.2. The number of likely N-dealkylation sites (tertiary alicyclic amines) is 2. The molecular weight excluding hydrogens is 1420 g/mol. The molecule has 532 valence electrons. The van der Waals surface area contributed by atoms with Crippen molar-refractivity contribution in [3.8, 4) is 33.8 Å². The predicted molar refractivity (Wildman–Crippen MR) is 414 cm³/mol. The molecule has 5 saturated heterocycles. The topological polar surface area (TPSA) is 236 Å². The van der Waals surface area contributed by atoms with E-state index < -0.39 is 11.7 Å². The van der Waals surface area contributed by atoms with Gasteiger partial charge in [-0.25, -0.2) is 4.79 Å². The number of nitrogen functional groups attached to an aromatic ring is 1. The quantitative estimate of drug-likeness (QED) is 0.0660. The number of ether oxygens (including phenoxy) is 4. The Labute approximate surface area is 622 Å². The van der Waals surface area contributed by atoms with Crippen molar-refractivity contribution in [3.63, 3.8) is 0 Å². The summed E-state index contributed by atoms with van der Waals surface area (Å²) in [5.41, 5.74) is 16.2. The van der Waals surface area contributed by atoms with Gasteiger partial charge in [-0.05, 0) is 119 Å². The first-order chi connectivity index (χ1) is 49.9. The van der Waals surface area contributed by atoms with Gasteiger partial charge >= 0.3 is 6.09 Å². The summed E-state index contributed by atoms with van der Waals surface area (Å²) in [6, 6.07) is 48.6. The van der Waals surface area contributed by atoms with E-state index in [0.29, 0.717) is 52.7 Å². The number of hydrogen-bond acceptors (Lipinski definition) is 21. The number of carbonyl (C=O) groups excluding carboxylic acids is 2. The Hall–Kier alpha value is -8.15. The summed E-state index contributed by atoms with van der Waals surface area (Å²) >= 11 is 10.4. The number of aromatic amines is 3. The first-order valence-electron chi connectivity index (χ1n) is 34.5. The maximum absolute atomic E-state index is 12.8. The van der Waals surface area contributed by atoms with Crippen LogP contribution >= 0.6 is 70.6 Å². The summed E-state index contributed by atoms with van der Waals surface area (Å²) in [5.74, 6) is 0.367. The highest BCUT2D eigenvalue weighted by Gasteiger charge is 2.38. The normalized spacial score (nSPS) is 17.0. The van der Waals surface area contributed by atoms with E-state index in [9.17, 15) is 24.0 Å². The van der Waals surface area contributed by atoms with Crippen LogP contribution in [-0.2, 0) is 23.7 Å². The van der Waals surface area contributed by atoms with Crippen molar-refractivity contribution in [2.75, 3.05) is 150 Å². The minimum absolute atomic E-state index is 0.0705. The molecule has 8 aliphatic rings. The van der Waals surface area contributed by atoms with Crippen LogP contribution < -0.4 is 47.7 Å². The zero-order valence-electron chi connectivity index (χ0n) is 57.5. The summed E-state index contributed by atoms with van der Waals surface area (Å²) in [4.78, 5) is 96.2. The Kier molecular flexibility index (Phi) is 21.1. The van der Waals surface area contributed by atoms with Crippen molar-refractivity contribution in [3.05, 3.63) is 177 Å². The molecule has 11 heterocycles. The van der Waals surface area contributed by atoms with Gasteiger partial charge < -0.3 is 74.8 Å². The molecule has 0 bridgehead atoms. The van der Waals surface area contributed by atoms with Crippen molar-refractivity contribution >= 4 is 117 Å². The lowest BCUT2D eigenvalue weighted by Crippen LogP contribution is -2.55. The molecule has 3 aromatic heterocycles. The molecule has 0 atom stereocenters. The molecule has 0 aliphatic carbocycles. The molecule has 0 unspecified atom stereocenters. The summed E-state index contributed by atoms with van der Waals surface area (Å²) < 4.78 is 21.8. The Balaban J connectivity index is 0.000000127. The number of H-pyrrole nitrogens is 3. The van der Waals surface area contributed by atoms with Gasteiger partial charge in [0.1, 0.15) is 5.60 Å². The summed E-state index contributed by atoms with van der Waals surface area (Å²) in [7, 11) is 2.17. The predicted octanol–water partition coefficient (Wildman–Crippen LogP) is 13.8. The van der Waals surface area contributed by atoms with Crippen LogP contribution in [0.5, 0.6) is 0 Å². The fourth-order valence-corrected chi connectivity index (χ4v) is 20.5. The molecule has 8 aliphatic heterocycles. The van der Waals surface area contributed by atoms with Gasteiger partial charge in [-0.3, -0.25) is 19.2 Å². The van der Waals surface area contributed by atoms with Crippen LogP contribution in [0.1, 0.15) is 20.8 Å². The Morgan fingerprint density at radius 3 is 1.30 bits per heavy atom. The highest BCUT2D eigenvalue weighted by Crippen LogP contribution is 2.55. The first-order valence-corrected chi connectivity index (χ1v) is 39.4. The monoisotopic (exact) mass is 1490 g/mol. The van der Waals surface area contributed by atoms with E-state index in [1.807, 2.05) is 87.1 Å². The Morgan fingerprint density at radius 1 is 0.485 bits per heavy atom. The lowest BCUT2D eigenvalue weighted by Gasteiger charge is -2.38. The first kappa shape index (κ1) is 70.5. The third kappa shape index (κ3) is 16.5. The molecule has 9 aromatic rings. The lowest BCUT2D eigenvalue weighted by molar-refractivity contribution is -0.124. The van der Waals surface area contributed by atoms with Crippen LogP contribution in [0.4, 0.5) is 38.9 Å². The second-order valence-electron chi connectivity index (χ2n) is 27.2. The van der Waals surface area contributed by atoms with Crippen molar-refractivity contribution in [1.29, 1.82) is 0 Å². The fraction of sp³-hybridized carbons (Fsp3) is 0.312. The van der Waals surface area contributed by atoms with E-state index >= 15 is 0 Å². The highest BCUT2D eigenvalue weighted by molar-refractivity contribution is 8.06. The minimum atomic E-state index is -0.563. The summed E-state index contributed by atoms with van der Waals surface area (Å²) in [5, 5.41) is 6.63. The van der Waals surface area contributed by atoms with Crippen LogP contribution in [0.15, 0.2) is 219 Å². The molecule has 2 amide bonds. The number of anilines is 6. The van der Waals surface area contributed by atoms with Gasteiger partial charge in [0.15, 0.2) is 0 Å². The number of aromatic nitrogens is 3. The van der Waals surface area contributed by atoms with Gasteiger partial charge in [-0.2, -0.15) is 0 Å². The van der Waals surface area contributed by atoms with E-state index in [-0.39, 0.29) is 28.5 Å². The zero-order chi connectivity index (χ0) is 70.9. The molecule has 17 rings (SSSR count). The van der Waals surface area contributed by atoms with Gasteiger partial charge in [-0.1, -0.05) is 107 Å². The number of fused-ring (bicyclic) bond motifs is 6. The average molecular weight is 1490 g/mol. The number of rotatable bonds is 11. The van der Waals surface area contributed by atoms with E-state index in [4.69, 9.17) is 24.7 Å². The number of pyridine rings is 3. The SMILES string of the molecule is CC(C)(C)OC(=O)N1CC(C(=O)Nc2ccc3c(c2)Sc2cccc(-c4cc(N5CCOCC5)cc(=O)[nH]4)c2S3)C1.CN1CC(CNc2ccc3c(c2)Sc2cccc(-c4cc(N5CCOCC5)cc(=O)[nH]4)c2S3)C1.Nc1ccc2c(c1)Sc1cccc(-c3cc(N4CCOCC4)cc(=O)[nH]3)c1S2. The number of nitrogens with zero attached hydrogens (tertiary/aromatic N) is 5. The second-order valence-corrected chi connectivity index (χ2v) is 33.6. The van der Waals surface area contributed by atoms with Crippen LogP contribution in [0.25, 0.3) is 33.8 Å². The van der Waals surface area contributed by atoms with E-state index in [0.717, 1.165) is 134 Å². The largest absolute Gasteiger partial charge is 0.444 e.